The van der Waals surface area contributed by atoms with Gasteiger partial charge in [0.05, 0.1) is 11.3 Å². The van der Waals surface area contributed by atoms with Crippen LogP contribution >= 0.6 is 15.9 Å². The number of aliphatic carboxylic acids is 1. The number of carboxylic acid groups (broad SMARTS) is 1. The molecule has 0 bridgehead atoms. The third-order valence-corrected chi connectivity index (χ3v) is 3.27. The summed E-state index contributed by atoms with van der Waals surface area (Å²) in [6, 6.07) is 6.65. The maximum absolute atomic E-state index is 11.1. The number of hydrogen-bond donors (Lipinski definition) is 2. The van der Waals surface area contributed by atoms with Gasteiger partial charge in [0.1, 0.15) is 12.1 Å². The summed E-state index contributed by atoms with van der Waals surface area (Å²) in [6.45, 7) is 0. The van der Waals surface area contributed by atoms with Gasteiger partial charge in [-0.2, -0.15) is 5.26 Å². The minimum atomic E-state index is -0.862. The van der Waals surface area contributed by atoms with Crippen molar-refractivity contribution in [3.05, 3.63) is 28.2 Å². The van der Waals surface area contributed by atoms with Crippen LogP contribution in [0.5, 0.6) is 0 Å². The van der Waals surface area contributed by atoms with Gasteiger partial charge in [-0.25, -0.2) is 4.79 Å². The fourth-order valence-electron chi connectivity index (χ4n) is 1.71. The molecule has 1 atom stereocenters. The van der Waals surface area contributed by atoms with Crippen LogP contribution in [-0.2, 0) is 4.79 Å². The first-order chi connectivity index (χ1) is 8.11. The normalized spacial score (nSPS) is 16.0. The molecule has 0 spiro atoms. The van der Waals surface area contributed by atoms with E-state index < -0.39 is 12.0 Å². The summed E-state index contributed by atoms with van der Waals surface area (Å²) < 4.78 is 0.804. The fraction of sp³-hybridized carbons (Fsp3) is 0.333. The molecule has 0 aromatic heterocycles. The van der Waals surface area contributed by atoms with E-state index in [2.05, 4.69) is 27.3 Å². The van der Waals surface area contributed by atoms with Crippen molar-refractivity contribution in [2.75, 3.05) is 5.32 Å². The smallest absolute Gasteiger partial charge is 0.326 e. The summed E-state index contributed by atoms with van der Waals surface area (Å²) >= 11 is 3.28. The largest absolute Gasteiger partial charge is 0.480 e. The molecule has 1 saturated carbocycles. The highest BCUT2D eigenvalue weighted by molar-refractivity contribution is 9.10. The third-order valence-electron chi connectivity index (χ3n) is 2.77. The summed E-state index contributed by atoms with van der Waals surface area (Å²) in [6.07, 6.45) is 1.87. The second-order valence-corrected chi connectivity index (χ2v) is 5.02. The highest BCUT2D eigenvalue weighted by atomic mass is 79.9. The lowest BCUT2D eigenvalue weighted by Crippen LogP contribution is -2.31. The standard InChI is InChI=1S/C12H11BrN2O2/c13-9-3-4-10(8(5-9)6-14)15-11(12(16)17)7-1-2-7/h3-5,7,11,15H,1-2H2,(H,16,17). The molecule has 0 radical (unpaired) electrons. The Labute approximate surface area is 107 Å². The number of nitrogens with zero attached hydrogens (tertiary/aromatic N) is 1. The van der Waals surface area contributed by atoms with Crippen LogP contribution in [0.3, 0.4) is 0 Å². The molecule has 0 saturated heterocycles. The quantitative estimate of drug-likeness (QED) is 0.895. The Morgan fingerprint density at radius 2 is 2.29 bits per heavy atom. The van der Waals surface area contributed by atoms with Crippen LogP contribution in [0, 0.1) is 17.2 Å². The minimum Gasteiger partial charge on any atom is -0.480 e. The van der Waals surface area contributed by atoms with Crippen molar-refractivity contribution in [1.82, 2.24) is 0 Å². The van der Waals surface area contributed by atoms with Gasteiger partial charge < -0.3 is 10.4 Å². The van der Waals surface area contributed by atoms with E-state index >= 15 is 0 Å². The number of rotatable bonds is 4. The topological polar surface area (TPSA) is 73.1 Å². The number of carbonyl (C=O) groups is 1. The van der Waals surface area contributed by atoms with Crippen molar-refractivity contribution in [2.24, 2.45) is 5.92 Å². The van der Waals surface area contributed by atoms with Gasteiger partial charge in [-0.05, 0) is 37.0 Å². The van der Waals surface area contributed by atoms with Crippen molar-refractivity contribution in [3.63, 3.8) is 0 Å². The average Bonchev–Trinajstić information content (AvgIpc) is 3.10. The van der Waals surface area contributed by atoms with E-state index in [9.17, 15) is 4.79 Å². The van der Waals surface area contributed by atoms with E-state index in [1.807, 2.05) is 0 Å². The van der Waals surface area contributed by atoms with Gasteiger partial charge in [0.2, 0.25) is 0 Å². The van der Waals surface area contributed by atoms with Gasteiger partial charge in [0.25, 0.3) is 0 Å². The molecule has 2 rings (SSSR count). The highest BCUT2D eigenvalue weighted by Gasteiger charge is 2.36. The van der Waals surface area contributed by atoms with E-state index in [4.69, 9.17) is 10.4 Å². The number of halogens is 1. The molecule has 88 valence electrons. The second kappa shape index (κ2) is 4.76. The maximum atomic E-state index is 11.1. The lowest BCUT2D eigenvalue weighted by atomic mass is 10.1. The van der Waals surface area contributed by atoms with E-state index in [1.165, 1.54) is 0 Å². The SMILES string of the molecule is N#Cc1cc(Br)ccc1NC(C(=O)O)C1CC1. The number of nitriles is 1. The van der Waals surface area contributed by atoms with Gasteiger partial charge in [-0.1, -0.05) is 15.9 Å². The molecule has 1 aliphatic rings. The van der Waals surface area contributed by atoms with Crippen LogP contribution in [0.15, 0.2) is 22.7 Å². The van der Waals surface area contributed by atoms with E-state index in [0.717, 1.165) is 17.3 Å². The predicted molar refractivity (Wildman–Crippen MR) is 66.6 cm³/mol. The average molecular weight is 295 g/mol. The van der Waals surface area contributed by atoms with Crippen LogP contribution in [0.25, 0.3) is 0 Å². The first-order valence-electron chi connectivity index (χ1n) is 5.31. The van der Waals surface area contributed by atoms with Gasteiger partial charge in [0, 0.05) is 4.47 Å². The molecular weight excluding hydrogens is 284 g/mol. The Balaban J connectivity index is 2.22. The van der Waals surface area contributed by atoms with Gasteiger partial charge in [-0.15, -0.1) is 0 Å². The van der Waals surface area contributed by atoms with Crippen molar-refractivity contribution in [1.29, 1.82) is 5.26 Å². The second-order valence-electron chi connectivity index (χ2n) is 4.10. The molecule has 4 nitrogen and oxygen atoms in total. The molecule has 1 aromatic rings. The van der Waals surface area contributed by atoms with Crippen LogP contribution in [-0.4, -0.2) is 17.1 Å². The molecule has 0 aliphatic heterocycles. The maximum Gasteiger partial charge on any atom is 0.326 e. The molecule has 17 heavy (non-hydrogen) atoms. The third kappa shape index (κ3) is 2.77. The first kappa shape index (κ1) is 11.9. The number of nitrogens with one attached hydrogen (secondary N) is 1. The van der Waals surface area contributed by atoms with Crippen molar-refractivity contribution in [2.45, 2.75) is 18.9 Å². The minimum absolute atomic E-state index is 0.183. The van der Waals surface area contributed by atoms with Gasteiger partial charge >= 0.3 is 5.97 Å². The van der Waals surface area contributed by atoms with Crippen LogP contribution in [0.1, 0.15) is 18.4 Å². The van der Waals surface area contributed by atoms with Crippen molar-refractivity contribution >= 4 is 27.6 Å². The van der Waals surface area contributed by atoms with Crippen molar-refractivity contribution in [3.8, 4) is 6.07 Å². The van der Waals surface area contributed by atoms with E-state index in [1.54, 1.807) is 18.2 Å². The zero-order chi connectivity index (χ0) is 12.4. The molecule has 1 fully saturated rings. The Hall–Kier alpha value is -1.54. The number of carboxylic acids is 1. The predicted octanol–water partition coefficient (Wildman–Crippen LogP) is 2.60. The number of anilines is 1. The molecular formula is C12H11BrN2O2. The Bertz CT molecular complexity index is 492. The van der Waals surface area contributed by atoms with Gasteiger partial charge in [-0.3, -0.25) is 0 Å². The Morgan fingerprint density at radius 3 is 2.82 bits per heavy atom. The van der Waals surface area contributed by atoms with Crippen LogP contribution in [0.2, 0.25) is 0 Å². The highest BCUT2D eigenvalue weighted by Crippen LogP contribution is 2.35. The summed E-state index contributed by atoms with van der Waals surface area (Å²) in [5, 5.41) is 21.0. The van der Waals surface area contributed by atoms with Crippen LogP contribution in [0.4, 0.5) is 5.69 Å². The summed E-state index contributed by atoms with van der Waals surface area (Å²) in [5.41, 5.74) is 1.03. The van der Waals surface area contributed by atoms with Crippen LogP contribution < -0.4 is 5.32 Å². The summed E-state index contributed by atoms with van der Waals surface area (Å²) in [4.78, 5) is 11.1. The molecule has 5 heteroatoms. The number of benzene rings is 1. The molecule has 2 N–H and O–H groups in total. The van der Waals surface area contributed by atoms with Gasteiger partial charge in [0.15, 0.2) is 0 Å². The van der Waals surface area contributed by atoms with E-state index in [-0.39, 0.29) is 5.92 Å². The van der Waals surface area contributed by atoms with Crippen molar-refractivity contribution < 1.29 is 9.90 Å². The molecule has 1 aromatic carbocycles. The monoisotopic (exact) mass is 294 g/mol. The zero-order valence-corrected chi connectivity index (χ0v) is 10.6. The lowest BCUT2D eigenvalue weighted by molar-refractivity contribution is -0.138. The van der Waals surface area contributed by atoms with E-state index in [0.29, 0.717) is 11.3 Å². The molecule has 1 unspecified atom stereocenters. The lowest BCUT2D eigenvalue weighted by Gasteiger charge is -2.16. The Morgan fingerprint density at radius 1 is 1.59 bits per heavy atom. The Kier molecular flexibility index (Phi) is 3.34. The molecule has 1 aliphatic carbocycles. The first-order valence-corrected chi connectivity index (χ1v) is 6.10. The molecule has 0 heterocycles. The molecule has 0 amide bonds. The fourth-order valence-corrected chi connectivity index (χ4v) is 2.07. The summed E-state index contributed by atoms with van der Waals surface area (Å²) in [5.74, 6) is -0.679. The summed E-state index contributed by atoms with van der Waals surface area (Å²) in [7, 11) is 0. The zero-order valence-electron chi connectivity index (χ0n) is 8.98. The number of hydrogen-bond acceptors (Lipinski definition) is 3.